The first-order valence-corrected chi connectivity index (χ1v) is 9.78. The number of anilines is 1. The summed E-state index contributed by atoms with van der Waals surface area (Å²) in [5.74, 6) is 0.0536. The SMILES string of the molecule is COc1ccc([C@@H]2[C@H]3C(=O)N(c4ccc(Cl)cc4)C(=O)[C@H]3N3CCCN23)cc1. The number of hydrogen-bond donors (Lipinski definition) is 0. The largest absolute Gasteiger partial charge is 0.497 e. The summed E-state index contributed by atoms with van der Waals surface area (Å²) < 4.78 is 5.26. The molecular weight excluding hydrogens is 378 g/mol. The van der Waals surface area contributed by atoms with Gasteiger partial charge in [0.2, 0.25) is 5.91 Å². The summed E-state index contributed by atoms with van der Waals surface area (Å²) in [6.45, 7) is 1.65. The maximum absolute atomic E-state index is 13.4. The Balaban J connectivity index is 1.55. The van der Waals surface area contributed by atoms with Crippen LogP contribution in [0.2, 0.25) is 5.02 Å². The summed E-state index contributed by atoms with van der Waals surface area (Å²) in [5, 5.41) is 4.87. The van der Waals surface area contributed by atoms with Crippen LogP contribution in [-0.4, -0.2) is 48.1 Å². The van der Waals surface area contributed by atoms with Crippen LogP contribution in [0.3, 0.4) is 0 Å². The molecule has 0 spiro atoms. The number of hydrazine groups is 1. The van der Waals surface area contributed by atoms with Gasteiger partial charge >= 0.3 is 0 Å². The first-order chi connectivity index (χ1) is 13.6. The van der Waals surface area contributed by atoms with Crippen molar-refractivity contribution >= 4 is 29.1 Å². The lowest BCUT2D eigenvalue weighted by molar-refractivity contribution is -0.126. The van der Waals surface area contributed by atoms with E-state index in [0.717, 1.165) is 30.8 Å². The van der Waals surface area contributed by atoms with Crippen LogP contribution in [0.25, 0.3) is 0 Å². The Morgan fingerprint density at radius 1 is 0.893 bits per heavy atom. The van der Waals surface area contributed by atoms with Crippen LogP contribution in [0.15, 0.2) is 48.5 Å². The summed E-state index contributed by atoms with van der Waals surface area (Å²) in [5.41, 5.74) is 1.60. The number of rotatable bonds is 3. The smallest absolute Gasteiger partial charge is 0.253 e. The second-order valence-electron chi connectivity index (χ2n) is 7.36. The van der Waals surface area contributed by atoms with Gasteiger partial charge in [0.25, 0.3) is 5.91 Å². The van der Waals surface area contributed by atoms with Crippen LogP contribution in [0, 0.1) is 5.92 Å². The van der Waals surface area contributed by atoms with Gasteiger partial charge in [0.1, 0.15) is 11.8 Å². The van der Waals surface area contributed by atoms with E-state index in [1.807, 2.05) is 24.3 Å². The van der Waals surface area contributed by atoms with Gasteiger partial charge in [-0.1, -0.05) is 23.7 Å². The van der Waals surface area contributed by atoms with Gasteiger partial charge in [-0.05, 0) is 48.4 Å². The zero-order valence-electron chi connectivity index (χ0n) is 15.4. The number of halogens is 1. The van der Waals surface area contributed by atoms with E-state index in [4.69, 9.17) is 16.3 Å². The van der Waals surface area contributed by atoms with Gasteiger partial charge in [-0.3, -0.25) is 9.59 Å². The summed E-state index contributed by atoms with van der Waals surface area (Å²) in [4.78, 5) is 28.0. The molecule has 3 aliphatic heterocycles. The summed E-state index contributed by atoms with van der Waals surface area (Å²) in [6.07, 6.45) is 0.984. The van der Waals surface area contributed by atoms with Gasteiger partial charge < -0.3 is 4.74 Å². The zero-order valence-corrected chi connectivity index (χ0v) is 16.2. The number of imide groups is 1. The van der Waals surface area contributed by atoms with E-state index in [2.05, 4.69) is 10.0 Å². The highest BCUT2D eigenvalue weighted by Crippen LogP contribution is 2.49. The molecule has 0 saturated carbocycles. The van der Waals surface area contributed by atoms with Crippen LogP contribution >= 0.6 is 11.6 Å². The number of hydrogen-bond acceptors (Lipinski definition) is 5. The second-order valence-corrected chi connectivity index (χ2v) is 7.79. The van der Waals surface area contributed by atoms with E-state index in [-0.39, 0.29) is 17.9 Å². The van der Waals surface area contributed by atoms with E-state index in [1.54, 1.807) is 31.4 Å². The van der Waals surface area contributed by atoms with Gasteiger partial charge in [0, 0.05) is 18.1 Å². The molecule has 3 saturated heterocycles. The standard InChI is InChI=1S/C21H20ClN3O3/c1-28-16-9-3-13(4-10-16)18-17-19(24-12-2-11-23(18)24)21(27)25(20(17)26)15-7-5-14(22)6-8-15/h3-10,17-19H,2,11-12H2,1H3/t17-,18-,19+/m1/s1. The molecule has 2 amide bonds. The van der Waals surface area contributed by atoms with E-state index in [9.17, 15) is 9.59 Å². The van der Waals surface area contributed by atoms with Gasteiger partial charge in [0.15, 0.2) is 0 Å². The van der Waals surface area contributed by atoms with Crippen molar-refractivity contribution in [1.82, 2.24) is 10.0 Å². The lowest BCUT2D eigenvalue weighted by atomic mass is 9.90. The van der Waals surface area contributed by atoms with Crippen LogP contribution in [-0.2, 0) is 9.59 Å². The summed E-state index contributed by atoms with van der Waals surface area (Å²) >= 11 is 5.97. The second kappa shape index (κ2) is 6.58. The number of fused-ring (bicyclic) bond motifs is 3. The predicted octanol–water partition coefficient (Wildman–Crippen LogP) is 2.88. The highest BCUT2D eigenvalue weighted by molar-refractivity contribution is 6.31. The molecule has 0 radical (unpaired) electrons. The number of carbonyl (C=O) groups excluding carboxylic acids is 2. The van der Waals surface area contributed by atoms with E-state index in [1.165, 1.54) is 4.90 Å². The van der Waals surface area contributed by atoms with E-state index >= 15 is 0 Å². The van der Waals surface area contributed by atoms with E-state index in [0.29, 0.717) is 10.7 Å². The normalized spacial score (nSPS) is 27.4. The fraction of sp³-hybridized carbons (Fsp3) is 0.333. The lowest BCUT2D eigenvalue weighted by Crippen LogP contribution is -2.44. The van der Waals surface area contributed by atoms with Crippen LogP contribution in [0.1, 0.15) is 18.0 Å². The quantitative estimate of drug-likeness (QED) is 0.745. The van der Waals surface area contributed by atoms with Crippen molar-refractivity contribution in [3.63, 3.8) is 0 Å². The predicted molar refractivity (Wildman–Crippen MR) is 105 cm³/mol. The third-order valence-corrected chi connectivity index (χ3v) is 6.20. The van der Waals surface area contributed by atoms with Crippen molar-refractivity contribution in [1.29, 1.82) is 0 Å². The molecule has 0 N–H and O–H groups in total. The molecule has 2 aromatic rings. The lowest BCUT2D eigenvalue weighted by Gasteiger charge is -2.29. The molecule has 3 aliphatic rings. The van der Waals surface area contributed by atoms with E-state index < -0.39 is 12.0 Å². The van der Waals surface area contributed by atoms with Gasteiger partial charge in [-0.2, -0.15) is 0 Å². The van der Waals surface area contributed by atoms with Crippen LogP contribution < -0.4 is 9.64 Å². The highest BCUT2D eigenvalue weighted by atomic mass is 35.5. The molecule has 0 bridgehead atoms. The number of methoxy groups -OCH3 is 1. The average molecular weight is 398 g/mol. The van der Waals surface area contributed by atoms with Gasteiger partial charge in [-0.25, -0.2) is 14.9 Å². The minimum Gasteiger partial charge on any atom is -0.497 e. The van der Waals surface area contributed by atoms with Crippen molar-refractivity contribution in [2.24, 2.45) is 5.92 Å². The van der Waals surface area contributed by atoms with Gasteiger partial charge in [-0.15, -0.1) is 0 Å². The Morgan fingerprint density at radius 2 is 1.54 bits per heavy atom. The molecule has 144 valence electrons. The van der Waals surface area contributed by atoms with Crippen molar-refractivity contribution < 1.29 is 14.3 Å². The topological polar surface area (TPSA) is 53.1 Å². The van der Waals surface area contributed by atoms with Crippen LogP contribution in [0.4, 0.5) is 5.69 Å². The molecule has 28 heavy (non-hydrogen) atoms. The first kappa shape index (κ1) is 17.7. The third kappa shape index (κ3) is 2.49. The summed E-state index contributed by atoms with van der Waals surface area (Å²) in [6, 6.07) is 14.1. The molecule has 0 unspecified atom stereocenters. The molecule has 3 heterocycles. The molecular formula is C21H20ClN3O3. The fourth-order valence-corrected chi connectivity index (χ4v) is 4.89. The molecule has 2 aromatic carbocycles. The number of benzene rings is 2. The molecule has 6 nitrogen and oxygen atoms in total. The molecule has 3 atom stereocenters. The number of nitrogens with zero attached hydrogens (tertiary/aromatic N) is 3. The minimum atomic E-state index is -0.447. The Labute approximate surface area is 168 Å². The number of amides is 2. The van der Waals surface area contributed by atoms with Crippen molar-refractivity contribution in [3.05, 3.63) is 59.1 Å². The number of ether oxygens (including phenoxy) is 1. The monoisotopic (exact) mass is 397 g/mol. The first-order valence-electron chi connectivity index (χ1n) is 9.40. The maximum atomic E-state index is 13.4. The van der Waals surface area contributed by atoms with Crippen molar-refractivity contribution in [3.8, 4) is 5.75 Å². The highest BCUT2D eigenvalue weighted by Gasteiger charge is 2.62. The molecule has 0 aromatic heterocycles. The van der Waals surface area contributed by atoms with Crippen molar-refractivity contribution in [2.45, 2.75) is 18.5 Å². The Bertz CT molecular complexity index is 931. The fourth-order valence-electron chi connectivity index (χ4n) is 4.76. The Kier molecular flexibility index (Phi) is 4.16. The average Bonchev–Trinajstić information content (AvgIpc) is 3.35. The Morgan fingerprint density at radius 3 is 2.18 bits per heavy atom. The molecule has 0 aliphatic carbocycles. The van der Waals surface area contributed by atoms with Crippen molar-refractivity contribution in [2.75, 3.05) is 25.1 Å². The molecule has 5 rings (SSSR count). The molecule has 3 fully saturated rings. The Hall–Kier alpha value is -2.41. The summed E-state index contributed by atoms with van der Waals surface area (Å²) in [7, 11) is 1.63. The zero-order chi connectivity index (χ0) is 19.4. The minimum absolute atomic E-state index is 0.146. The number of carbonyl (C=O) groups is 2. The van der Waals surface area contributed by atoms with Gasteiger partial charge in [0.05, 0.1) is 24.8 Å². The molecule has 7 heteroatoms. The third-order valence-electron chi connectivity index (χ3n) is 5.95. The maximum Gasteiger partial charge on any atom is 0.253 e. The van der Waals surface area contributed by atoms with Crippen LogP contribution in [0.5, 0.6) is 5.75 Å².